The molecule has 0 heterocycles. The Kier molecular flexibility index (Phi) is 3.73. The van der Waals surface area contributed by atoms with Gasteiger partial charge in [0.1, 0.15) is 5.41 Å². The molecule has 0 aromatic heterocycles. The first kappa shape index (κ1) is 12.0. The number of carbonyl (C=O) groups excluding carboxylic acids is 1. The minimum atomic E-state index is -0.807. The summed E-state index contributed by atoms with van der Waals surface area (Å²) in [6.45, 7) is 6.72. The van der Waals surface area contributed by atoms with Crippen molar-refractivity contribution in [2.75, 3.05) is 6.54 Å². The second-order valence-electron chi connectivity index (χ2n) is 4.58. The molecule has 0 bridgehead atoms. The van der Waals surface area contributed by atoms with E-state index in [2.05, 4.69) is 18.3 Å². The van der Waals surface area contributed by atoms with Crippen molar-refractivity contribution >= 4 is 5.91 Å². The van der Waals surface area contributed by atoms with Crippen molar-refractivity contribution < 1.29 is 4.79 Å². The van der Waals surface area contributed by atoms with Gasteiger partial charge in [0.05, 0.1) is 6.07 Å². The van der Waals surface area contributed by atoms with Gasteiger partial charge in [-0.3, -0.25) is 4.79 Å². The molecule has 1 saturated carbocycles. The van der Waals surface area contributed by atoms with Gasteiger partial charge in [-0.15, -0.1) is 0 Å². The summed E-state index contributed by atoms with van der Waals surface area (Å²) in [5, 5.41) is 12.0. The maximum absolute atomic E-state index is 11.9. The van der Waals surface area contributed by atoms with E-state index in [4.69, 9.17) is 5.26 Å². The average molecular weight is 208 g/mol. The fourth-order valence-corrected chi connectivity index (χ4v) is 1.86. The predicted molar refractivity (Wildman–Crippen MR) is 58.9 cm³/mol. The first-order chi connectivity index (χ1) is 7.09. The zero-order valence-electron chi connectivity index (χ0n) is 9.84. The Labute approximate surface area is 91.9 Å². The third-order valence-electron chi connectivity index (χ3n) is 3.66. The van der Waals surface area contributed by atoms with Crippen LogP contribution < -0.4 is 5.32 Å². The van der Waals surface area contributed by atoms with Crippen LogP contribution in [0.2, 0.25) is 0 Å². The van der Waals surface area contributed by atoms with E-state index in [1.54, 1.807) is 0 Å². The van der Waals surface area contributed by atoms with Gasteiger partial charge >= 0.3 is 0 Å². The van der Waals surface area contributed by atoms with Gasteiger partial charge in [0.25, 0.3) is 0 Å². The molecule has 0 aromatic rings. The smallest absolute Gasteiger partial charge is 0.240 e. The zero-order valence-corrected chi connectivity index (χ0v) is 9.84. The second kappa shape index (κ2) is 4.65. The maximum atomic E-state index is 11.9. The molecule has 1 rings (SSSR count). The highest BCUT2D eigenvalue weighted by Crippen LogP contribution is 2.37. The molecule has 0 radical (unpaired) electrons. The Morgan fingerprint density at radius 2 is 2.07 bits per heavy atom. The summed E-state index contributed by atoms with van der Waals surface area (Å²) in [6, 6.07) is 2.16. The van der Waals surface area contributed by atoms with E-state index >= 15 is 0 Å². The highest BCUT2D eigenvalue weighted by molar-refractivity contribution is 5.85. The van der Waals surface area contributed by atoms with Crippen LogP contribution in [0, 0.1) is 28.6 Å². The van der Waals surface area contributed by atoms with Gasteiger partial charge in [-0.2, -0.15) is 5.26 Å². The van der Waals surface area contributed by atoms with Crippen molar-refractivity contribution in [1.29, 1.82) is 5.26 Å². The van der Waals surface area contributed by atoms with Crippen LogP contribution in [0.25, 0.3) is 0 Å². The van der Waals surface area contributed by atoms with E-state index in [0.29, 0.717) is 18.8 Å². The predicted octanol–water partition coefficient (Wildman–Crippen LogP) is 2.09. The lowest BCUT2D eigenvalue weighted by Gasteiger charge is -2.22. The van der Waals surface area contributed by atoms with E-state index < -0.39 is 5.41 Å². The molecule has 1 aliphatic carbocycles. The van der Waals surface area contributed by atoms with Gasteiger partial charge in [-0.05, 0) is 31.1 Å². The second-order valence-corrected chi connectivity index (χ2v) is 4.58. The Morgan fingerprint density at radius 3 is 2.40 bits per heavy atom. The van der Waals surface area contributed by atoms with E-state index in [-0.39, 0.29) is 5.91 Å². The topological polar surface area (TPSA) is 52.9 Å². The molecule has 1 aliphatic rings. The number of nitrogens with one attached hydrogen (secondary N) is 1. The van der Waals surface area contributed by atoms with Crippen LogP contribution in [-0.2, 0) is 4.79 Å². The molecule has 1 amide bonds. The maximum Gasteiger partial charge on any atom is 0.240 e. The largest absolute Gasteiger partial charge is 0.354 e. The van der Waals surface area contributed by atoms with Gasteiger partial charge < -0.3 is 5.32 Å². The third-order valence-corrected chi connectivity index (χ3v) is 3.66. The monoisotopic (exact) mass is 208 g/mol. The quantitative estimate of drug-likeness (QED) is 0.752. The first-order valence-corrected chi connectivity index (χ1v) is 5.79. The van der Waals surface area contributed by atoms with Crippen LogP contribution >= 0.6 is 0 Å². The summed E-state index contributed by atoms with van der Waals surface area (Å²) < 4.78 is 0. The van der Waals surface area contributed by atoms with Crippen LogP contribution in [-0.4, -0.2) is 12.5 Å². The summed E-state index contributed by atoms with van der Waals surface area (Å²) in [4.78, 5) is 11.9. The molecule has 0 aliphatic heterocycles. The van der Waals surface area contributed by atoms with Crippen molar-refractivity contribution in [3.63, 3.8) is 0 Å². The molecule has 3 heteroatoms. The standard InChI is InChI=1S/C12H20N2O/c1-4-12(5-2,8-13)11(15)14-7-10-6-9(10)3/h9-10H,4-7H2,1-3H3,(H,14,15). The molecule has 15 heavy (non-hydrogen) atoms. The SMILES string of the molecule is CCC(C#N)(CC)C(=O)NCC1CC1C. The minimum Gasteiger partial charge on any atom is -0.354 e. The van der Waals surface area contributed by atoms with Gasteiger partial charge in [0, 0.05) is 6.54 Å². The summed E-state index contributed by atoms with van der Waals surface area (Å²) in [5.74, 6) is 1.29. The molecule has 0 spiro atoms. The molecule has 2 unspecified atom stereocenters. The van der Waals surface area contributed by atoms with Crippen molar-refractivity contribution in [3.8, 4) is 6.07 Å². The van der Waals surface area contributed by atoms with Crippen LogP contribution in [0.4, 0.5) is 0 Å². The average Bonchev–Trinajstić information content (AvgIpc) is 2.95. The van der Waals surface area contributed by atoms with Gasteiger partial charge in [-0.25, -0.2) is 0 Å². The summed E-state index contributed by atoms with van der Waals surface area (Å²) in [6.07, 6.45) is 2.39. The molecule has 0 aromatic carbocycles. The molecular formula is C12H20N2O. The summed E-state index contributed by atoms with van der Waals surface area (Å²) in [7, 11) is 0. The van der Waals surface area contributed by atoms with Crippen molar-refractivity contribution in [2.45, 2.75) is 40.0 Å². The van der Waals surface area contributed by atoms with Gasteiger partial charge in [-0.1, -0.05) is 20.8 Å². The van der Waals surface area contributed by atoms with E-state index in [1.165, 1.54) is 6.42 Å². The number of hydrogen-bond acceptors (Lipinski definition) is 2. The highest BCUT2D eigenvalue weighted by atomic mass is 16.2. The van der Waals surface area contributed by atoms with Crippen LogP contribution in [0.1, 0.15) is 40.0 Å². The number of rotatable bonds is 5. The lowest BCUT2D eigenvalue weighted by molar-refractivity contribution is -0.128. The molecule has 0 saturated heterocycles. The first-order valence-electron chi connectivity index (χ1n) is 5.79. The molecule has 1 fully saturated rings. The molecule has 84 valence electrons. The number of amides is 1. The van der Waals surface area contributed by atoms with Crippen molar-refractivity contribution in [3.05, 3.63) is 0 Å². The minimum absolute atomic E-state index is 0.0888. The van der Waals surface area contributed by atoms with Crippen LogP contribution in [0.15, 0.2) is 0 Å². The van der Waals surface area contributed by atoms with Crippen molar-refractivity contribution in [2.24, 2.45) is 17.3 Å². The molecule has 1 N–H and O–H groups in total. The molecule has 3 nitrogen and oxygen atoms in total. The van der Waals surface area contributed by atoms with Gasteiger partial charge in [0.2, 0.25) is 5.91 Å². The number of carbonyl (C=O) groups is 1. The summed E-state index contributed by atoms with van der Waals surface area (Å²) in [5.41, 5.74) is -0.807. The lowest BCUT2D eigenvalue weighted by atomic mass is 9.83. The third kappa shape index (κ3) is 2.50. The fourth-order valence-electron chi connectivity index (χ4n) is 1.86. The fraction of sp³-hybridized carbons (Fsp3) is 0.833. The number of nitrogens with zero attached hydrogens (tertiary/aromatic N) is 1. The number of nitriles is 1. The Bertz CT molecular complexity index is 276. The Hall–Kier alpha value is -1.04. The number of hydrogen-bond donors (Lipinski definition) is 1. The van der Waals surface area contributed by atoms with E-state index in [9.17, 15) is 4.79 Å². The Balaban J connectivity index is 2.46. The van der Waals surface area contributed by atoms with Gasteiger partial charge in [0.15, 0.2) is 0 Å². The van der Waals surface area contributed by atoms with Crippen LogP contribution in [0.3, 0.4) is 0 Å². The molecule has 2 atom stereocenters. The normalized spacial score (nSPS) is 24.4. The highest BCUT2D eigenvalue weighted by Gasteiger charge is 2.37. The van der Waals surface area contributed by atoms with Crippen LogP contribution in [0.5, 0.6) is 0 Å². The van der Waals surface area contributed by atoms with Crippen molar-refractivity contribution in [1.82, 2.24) is 5.32 Å². The lowest BCUT2D eigenvalue weighted by Crippen LogP contribution is -2.40. The van der Waals surface area contributed by atoms with E-state index in [1.807, 2.05) is 13.8 Å². The molecular weight excluding hydrogens is 188 g/mol. The zero-order chi connectivity index (χ0) is 11.5. The van der Waals surface area contributed by atoms with E-state index in [0.717, 1.165) is 12.5 Å². The summed E-state index contributed by atoms with van der Waals surface area (Å²) >= 11 is 0. The Morgan fingerprint density at radius 1 is 1.53 bits per heavy atom.